The summed E-state index contributed by atoms with van der Waals surface area (Å²) in [5.41, 5.74) is 0.455. The fourth-order valence-corrected chi connectivity index (χ4v) is 2.35. The number of benzene rings is 1. The zero-order valence-corrected chi connectivity index (χ0v) is 13.2. The number of hydrogen-bond acceptors (Lipinski definition) is 4. The van der Waals surface area contributed by atoms with Crippen molar-refractivity contribution in [2.45, 2.75) is 38.1 Å². The summed E-state index contributed by atoms with van der Waals surface area (Å²) in [6.45, 7) is 7.74. The molecular weight excluding hydrogens is 276 g/mol. The first-order valence-electron chi connectivity index (χ1n) is 6.52. The van der Waals surface area contributed by atoms with Crippen LogP contribution < -0.4 is 10.6 Å². The van der Waals surface area contributed by atoms with Crippen LogP contribution in [0.25, 0.3) is 0 Å². The summed E-state index contributed by atoms with van der Waals surface area (Å²) in [5, 5.41) is 5.79. The molecule has 5 nitrogen and oxygen atoms in total. The molecule has 0 saturated heterocycles. The van der Waals surface area contributed by atoms with Gasteiger partial charge >= 0.3 is 0 Å². The highest BCUT2D eigenvalue weighted by atomic mass is 32.2. The SMILES string of the molecule is CCS(=O)(=O)c1ccc(NC(=O)CNC(C)(C)C)cc1. The average Bonchev–Trinajstić information content (AvgIpc) is 2.36. The monoisotopic (exact) mass is 298 g/mol. The van der Waals surface area contributed by atoms with Crippen LogP contribution in [0.15, 0.2) is 29.2 Å². The normalized spacial score (nSPS) is 12.2. The van der Waals surface area contributed by atoms with Gasteiger partial charge in [0.05, 0.1) is 17.2 Å². The van der Waals surface area contributed by atoms with E-state index in [0.717, 1.165) is 0 Å². The summed E-state index contributed by atoms with van der Waals surface area (Å²) in [4.78, 5) is 12.0. The summed E-state index contributed by atoms with van der Waals surface area (Å²) < 4.78 is 23.3. The molecule has 0 heterocycles. The molecule has 0 unspecified atom stereocenters. The molecule has 0 aliphatic rings. The number of nitrogens with one attached hydrogen (secondary N) is 2. The standard InChI is InChI=1S/C14H22N2O3S/c1-5-20(18,19)12-8-6-11(7-9-12)16-13(17)10-15-14(2,3)4/h6-9,15H,5,10H2,1-4H3,(H,16,17). The Hall–Kier alpha value is -1.40. The average molecular weight is 298 g/mol. The molecule has 0 bridgehead atoms. The minimum absolute atomic E-state index is 0.0637. The minimum Gasteiger partial charge on any atom is -0.325 e. The topological polar surface area (TPSA) is 75.3 Å². The van der Waals surface area contributed by atoms with Gasteiger partial charge in [0.15, 0.2) is 9.84 Å². The predicted molar refractivity (Wildman–Crippen MR) is 80.6 cm³/mol. The van der Waals surface area contributed by atoms with Crippen LogP contribution >= 0.6 is 0 Å². The number of carbonyl (C=O) groups is 1. The molecule has 1 rings (SSSR count). The lowest BCUT2D eigenvalue weighted by Crippen LogP contribution is -2.41. The lowest BCUT2D eigenvalue weighted by atomic mass is 10.1. The zero-order chi connectivity index (χ0) is 15.4. The van der Waals surface area contributed by atoms with Gasteiger partial charge in [-0.3, -0.25) is 4.79 Å². The van der Waals surface area contributed by atoms with Crippen molar-refractivity contribution < 1.29 is 13.2 Å². The van der Waals surface area contributed by atoms with Gasteiger partial charge in [0.25, 0.3) is 0 Å². The zero-order valence-electron chi connectivity index (χ0n) is 12.4. The van der Waals surface area contributed by atoms with Crippen molar-refractivity contribution in [1.82, 2.24) is 5.32 Å². The number of carbonyl (C=O) groups excluding carboxylic acids is 1. The van der Waals surface area contributed by atoms with Crippen molar-refractivity contribution in [2.24, 2.45) is 0 Å². The van der Waals surface area contributed by atoms with Crippen LogP contribution in [-0.4, -0.2) is 32.2 Å². The molecular formula is C14H22N2O3S. The Morgan fingerprint density at radius 1 is 1.15 bits per heavy atom. The molecule has 1 amide bonds. The Morgan fingerprint density at radius 2 is 1.70 bits per heavy atom. The van der Waals surface area contributed by atoms with E-state index in [1.54, 1.807) is 19.1 Å². The minimum atomic E-state index is -3.20. The highest BCUT2D eigenvalue weighted by molar-refractivity contribution is 7.91. The molecule has 0 aliphatic heterocycles. The van der Waals surface area contributed by atoms with Gasteiger partial charge in [-0.15, -0.1) is 0 Å². The van der Waals surface area contributed by atoms with Crippen molar-refractivity contribution in [2.75, 3.05) is 17.6 Å². The van der Waals surface area contributed by atoms with E-state index in [0.29, 0.717) is 5.69 Å². The number of sulfone groups is 1. The maximum atomic E-state index is 11.7. The van der Waals surface area contributed by atoms with Gasteiger partial charge in [0, 0.05) is 11.2 Å². The third kappa shape index (κ3) is 5.30. The van der Waals surface area contributed by atoms with E-state index >= 15 is 0 Å². The van der Waals surface area contributed by atoms with E-state index in [1.165, 1.54) is 12.1 Å². The first-order valence-corrected chi connectivity index (χ1v) is 8.17. The lowest BCUT2D eigenvalue weighted by Gasteiger charge is -2.20. The van der Waals surface area contributed by atoms with Crippen LogP contribution in [-0.2, 0) is 14.6 Å². The molecule has 6 heteroatoms. The summed E-state index contributed by atoms with van der Waals surface area (Å²) >= 11 is 0. The number of amides is 1. The van der Waals surface area contributed by atoms with Crippen molar-refractivity contribution >= 4 is 21.4 Å². The molecule has 0 aromatic heterocycles. The Labute approximate surface area is 120 Å². The van der Waals surface area contributed by atoms with Gasteiger partial charge < -0.3 is 10.6 Å². The highest BCUT2D eigenvalue weighted by Gasteiger charge is 2.13. The Morgan fingerprint density at radius 3 is 2.15 bits per heavy atom. The van der Waals surface area contributed by atoms with E-state index in [4.69, 9.17) is 0 Å². The molecule has 0 atom stereocenters. The molecule has 1 aromatic carbocycles. The van der Waals surface area contributed by atoms with Gasteiger partial charge in [-0.2, -0.15) is 0 Å². The quantitative estimate of drug-likeness (QED) is 0.869. The summed E-state index contributed by atoms with van der Waals surface area (Å²) in [7, 11) is -3.20. The van der Waals surface area contributed by atoms with Crippen molar-refractivity contribution in [1.29, 1.82) is 0 Å². The largest absolute Gasteiger partial charge is 0.325 e. The second-order valence-electron chi connectivity index (χ2n) is 5.58. The van der Waals surface area contributed by atoms with Crippen LogP contribution in [0.4, 0.5) is 5.69 Å². The molecule has 0 fully saturated rings. The van der Waals surface area contributed by atoms with E-state index < -0.39 is 9.84 Å². The molecule has 1 aromatic rings. The molecule has 2 N–H and O–H groups in total. The number of hydrogen-bond donors (Lipinski definition) is 2. The van der Waals surface area contributed by atoms with Crippen LogP contribution in [0.2, 0.25) is 0 Å². The second kappa shape index (κ2) is 6.37. The molecule has 112 valence electrons. The Bertz CT molecular complexity index is 557. The smallest absolute Gasteiger partial charge is 0.238 e. The Kier molecular flexibility index (Phi) is 5.30. The van der Waals surface area contributed by atoms with Crippen LogP contribution in [0.1, 0.15) is 27.7 Å². The van der Waals surface area contributed by atoms with E-state index in [1.807, 2.05) is 20.8 Å². The highest BCUT2D eigenvalue weighted by Crippen LogP contribution is 2.15. The Balaban J connectivity index is 2.65. The van der Waals surface area contributed by atoms with E-state index in [9.17, 15) is 13.2 Å². The number of rotatable bonds is 5. The molecule has 20 heavy (non-hydrogen) atoms. The third-order valence-corrected chi connectivity index (χ3v) is 4.41. The van der Waals surface area contributed by atoms with Crippen molar-refractivity contribution in [3.8, 4) is 0 Å². The van der Waals surface area contributed by atoms with Gasteiger partial charge in [-0.25, -0.2) is 8.42 Å². The molecule has 0 aliphatic carbocycles. The van der Waals surface area contributed by atoms with Crippen LogP contribution in [0.3, 0.4) is 0 Å². The fourth-order valence-electron chi connectivity index (χ4n) is 1.46. The first kappa shape index (κ1) is 16.7. The molecule has 0 saturated carbocycles. The maximum Gasteiger partial charge on any atom is 0.238 e. The second-order valence-corrected chi connectivity index (χ2v) is 7.86. The lowest BCUT2D eigenvalue weighted by molar-refractivity contribution is -0.115. The summed E-state index contributed by atoms with van der Waals surface area (Å²) in [5.74, 6) is -0.0974. The first-order chi connectivity index (χ1) is 9.14. The van der Waals surface area contributed by atoms with Crippen molar-refractivity contribution in [3.63, 3.8) is 0 Å². The van der Waals surface area contributed by atoms with Gasteiger partial charge in [-0.1, -0.05) is 6.92 Å². The van der Waals surface area contributed by atoms with Crippen LogP contribution in [0, 0.1) is 0 Å². The van der Waals surface area contributed by atoms with Gasteiger partial charge in [0.2, 0.25) is 5.91 Å². The third-order valence-electron chi connectivity index (χ3n) is 2.66. The van der Waals surface area contributed by atoms with Crippen LogP contribution in [0.5, 0.6) is 0 Å². The van der Waals surface area contributed by atoms with Crippen molar-refractivity contribution in [3.05, 3.63) is 24.3 Å². The van der Waals surface area contributed by atoms with E-state index in [-0.39, 0.29) is 28.6 Å². The fraction of sp³-hybridized carbons (Fsp3) is 0.500. The predicted octanol–water partition coefficient (Wildman–Crippen LogP) is 1.81. The van der Waals surface area contributed by atoms with Gasteiger partial charge in [0.1, 0.15) is 0 Å². The van der Waals surface area contributed by atoms with Gasteiger partial charge in [-0.05, 0) is 45.0 Å². The maximum absolute atomic E-state index is 11.7. The summed E-state index contributed by atoms with van der Waals surface area (Å²) in [6, 6.07) is 6.20. The summed E-state index contributed by atoms with van der Waals surface area (Å²) in [6.07, 6.45) is 0. The number of anilines is 1. The molecule has 0 radical (unpaired) electrons. The molecule has 0 spiro atoms. The van der Waals surface area contributed by atoms with E-state index in [2.05, 4.69) is 10.6 Å².